The zero-order chi connectivity index (χ0) is 17.2. The van der Waals surface area contributed by atoms with Gasteiger partial charge in [-0.1, -0.05) is 35.4 Å². The number of benzene rings is 1. The van der Waals surface area contributed by atoms with Crippen molar-refractivity contribution in [3.8, 4) is 0 Å². The van der Waals surface area contributed by atoms with Gasteiger partial charge in [-0.2, -0.15) is 4.68 Å². The predicted molar refractivity (Wildman–Crippen MR) is 91.6 cm³/mol. The normalized spacial score (nSPS) is 16.1. The number of allylic oxidation sites excluding steroid dienone is 1. The van der Waals surface area contributed by atoms with Gasteiger partial charge in [0, 0.05) is 11.9 Å². The molecule has 1 atom stereocenters. The van der Waals surface area contributed by atoms with Gasteiger partial charge in [0.1, 0.15) is 6.04 Å². The summed E-state index contributed by atoms with van der Waals surface area (Å²) < 4.78 is 1.61. The molecular weight excluding hydrogens is 318 g/mol. The molecule has 1 amide bonds. The summed E-state index contributed by atoms with van der Waals surface area (Å²) in [5.41, 5.74) is 2.81. The van der Waals surface area contributed by atoms with Crippen LogP contribution in [0.15, 0.2) is 66.1 Å². The molecule has 3 aromatic rings. The first-order valence-electron chi connectivity index (χ1n) is 7.76. The molecule has 3 heterocycles. The second kappa shape index (κ2) is 6.16. The Labute approximate surface area is 143 Å². The van der Waals surface area contributed by atoms with Crippen molar-refractivity contribution in [2.24, 2.45) is 0 Å². The van der Waals surface area contributed by atoms with Gasteiger partial charge in [-0.25, -0.2) is 0 Å². The van der Waals surface area contributed by atoms with E-state index in [1.165, 1.54) is 0 Å². The second-order valence-corrected chi connectivity index (χ2v) is 5.62. The number of carbonyl (C=O) groups excluding carboxylic acids is 1. The Hall–Kier alpha value is -3.55. The van der Waals surface area contributed by atoms with Crippen LogP contribution in [0.3, 0.4) is 0 Å². The molecule has 4 rings (SSSR count). The maximum atomic E-state index is 13.0. The van der Waals surface area contributed by atoms with Crippen LogP contribution in [-0.2, 0) is 4.79 Å². The van der Waals surface area contributed by atoms with Gasteiger partial charge >= 0.3 is 0 Å². The van der Waals surface area contributed by atoms with Crippen LogP contribution in [-0.4, -0.2) is 31.1 Å². The van der Waals surface area contributed by atoms with Crippen molar-refractivity contribution in [1.82, 2.24) is 25.2 Å². The quantitative estimate of drug-likeness (QED) is 0.761. The van der Waals surface area contributed by atoms with Gasteiger partial charge in [0.15, 0.2) is 0 Å². The maximum Gasteiger partial charge on any atom is 0.255 e. The van der Waals surface area contributed by atoms with E-state index in [0.29, 0.717) is 22.9 Å². The number of carbonyl (C=O) groups is 1. The van der Waals surface area contributed by atoms with Gasteiger partial charge < -0.3 is 10.6 Å². The molecule has 0 saturated heterocycles. The van der Waals surface area contributed by atoms with Crippen LogP contribution in [0.4, 0.5) is 11.6 Å². The van der Waals surface area contributed by atoms with Crippen molar-refractivity contribution in [3.63, 3.8) is 0 Å². The van der Waals surface area contributed by atoms with Crippen molar-refractivity contribution in [2.45, 2.75) is 13.0 Å². The summed E-state index contributed by atoms with van der Waals surface area (Å²) >= 11 is 0. The van der Waals surface area contributed by atoms with E-state index >= 15 is 0 Å². The molecule has 25 heavy (non-hydrogen) atoms. The molecule has 0 spiro atoms. The topological polar surface area (TPSA) is 97.6 Å². The molecule has 1 aliphatic rings. The summed E-state index contributed by atoms with van der Waals surface area (Å²) in [5.74, 6) is 0.275. The molecule has 8 heteroatoms. The van der Waals surface area contributed by atoms with E-state index < -0.39 is 6.04 Å². The van der Waals surface area contributed by atoms with E-state index in [9.17, 15) is 4.79 Å². The number of anilines is 2. The zero-order valence-electron chi connectivity index (χ0n) is 13.4. The summed E-state index contributed by atoms with van der Waals surface area (Å²) in [5, 5.41) is 17.7. The minimum absolute atomic E-state index is 0.229. The molecule has 0 saturated carbocycles. The van der Waals surface area contributed by atoms with E-state index in [-0.39, 0.29) is 5.91 Å². The summed E-state index contributed by atoms with van der Waals surface area (Å²) in [6.45, 7) is 1.84. The van der Waals surface area contributed by atoms with Gasteiger partial charge in [-0.05, 0) is 35.0 Å². The highest BCUT2D eigenvalue weighted by atomic mass is 16.1. The monoisotopic (exact) mass is 333 g/mol. The van der Waals surface area contributed by atoms with Gasteiger partial charge in [0.05, 0.1) is 17.5 Å². The standard InChI is InChI=1S/C17H15N7O/c1-11-14(16(25)20-13-8-5-9-18-10-13)15(12-6-3-2-4-7-12)24-17(19-11)21-22-23-24/h2-10,15H,1H3,(H,20,25)(H,19,21,23). The fourth-order valence-electron chi connectivity index (χ4n) is 2.89. The fraction of sp³-hybridized carbons (Fsp3) is 0.118. The number of nitrogens with zero attached hydrogens (tertiary/aromatic N) is 5. The van der Waals surface area contributed by atoms with Gasteiger partial charge in [0.25, 0.3) is 5.91 Å². The summed E-state index contributed by atoms with van der Waals surface area (Å²) in [6, 6.07) is 12.8. The molecule has 124 valence electrons. The smallest absolute Gasteiger partial charge is 0.255 e. The van der Waals surface area contributed by atoms with Crippen LogP contribution in [0.1, 0.15) is 18.5 Å². The summed E-state index contributed by atoms with van der Waals surface area (Å²) in [4.78, 5) is 17.0. The largest absolute Gasteiger partial charge is 0.326 e. The highest BCUT2D eigenvalue weighted by Crippen LogP contribution is 2.34. The average Bonchev–Trinajstić information content (AvgIpc) is 3.10. The van der Waals surface area contributed by atoms with E-state index in [4.69, 9.17) is 0 Å². The van der Waals surface area contributed by atoms with E-state index in [1.54, 1.807) is 29.2 Å². The molecule has 1 aromatic carbocycles. The molecular formula is C17H15N7O. The number of tetrazole rings is 1. The van der Waals surface area contributed by atoms with E-state index in [0.717, 1.165) is 5.56 Å². The Balaban J connectivity index is 1.77. The van der Waals surface area contributed by atoms with Gasteiger partial charge in [0.2, 0.25) is 5.95 Å². The molecule has 0 radical (unpaired) electrons. The fourth-order valence-corrected chi connectivity index (χ4v) is 2.89. The molecule has 8 nitrogen and oxygen atoms in total. The third-order valence-corrected chi connectivity index (χ3v) is 3.99. The van der Waals surface area contributed by atoms with Crippen molar-refractivity contribution >= 4 is 17.5 Å². The van der Waals surface area contributed by atoms with Gasteiger partial charge in [-0.3, -0.25) is 9.78 Å². The molecule has 0 bridgehead atoms. The van der Waals surface area contributed by atoms with Crippen LogP contribution in [0.5, 0.6) is 0 Å². The second-order valence-electron chi connectivity index (χ2n) is 5.62. The highest BCUT2D eigenvalue weighted by Gasteiger charge is 2.33. The minimum atomic E-state index is -0.413. The number of nitrogens with one attached hydrogen (secondary N) is 2. The Kier molecular flexibility index (Phi) is 3.70. The Morgan fingerprint density at radius 3 is 2.80 bits per heavy atom. The molecule has 1 aliphatic heterocycles. The number of rotatable bonds is 3. The van der Waals surface area contributed by atoms with Crippen LogP contribution in [0, 0.1) is 0 Å². The van der Waals surface area contributed by atoms with E-state index in [1.807, 2.05) is 37.3 Å². The lowest BCUT2D eigenvalue weighted by Crippen LogP contribution is -2.31. The summed E-state index contributed by atoms with van der Waals surface area (Å²) in [7, 11) is 0. The SMILES string of the molecule is CC1=C(C(=O)Nc2cccnc2)C(c2ccccc2)n2nnnc2N1. The van der Waals surface area contributed by atoms with Crippen molar-refractivity contribution in [3.05, 3.63) is 71.7 Å². The third-order valence-electron chi connectivity index (χ3n) is 3.99. The first kappa shape index (κ1) is 15.0. The number of hydrogen-bond donors (Lipinski definition) is 2. The van der Waals surface area contributed by atoms with Crippen LogP contribution < -0.4 is 10.6 Å². The molecule has 0 fully saturated rings. The lowest BCUT2D eigenvalue weighted by atomic mass is 9.95. The molecule has 2 N–H and O–H groups in total. The lowest BCUT2D eigenvalue weighted by Gasteiger charge is -2.27. The number of aromatic nitrogens is 5. The first-order valence-corrected chi connectivity index (χ1v) is 7.76. The molecule has 2 aromatic heterocycles. The number of hydrogen-bond acceptors (Lipinski definition) is 6. The first-order chi connectivity index (χ1) is 12.2. The Morgan fingerprint density at radius 2 is 2.04 bits per heavy atom. The molecule has 1 unspecified atom stereocenters. The Bertz CT molecular complexity index is 934. The van der Waals surface area contributed by atoms with Crippen molar-refractivity contribution in [2.75, 3.05) is 10.6 Å². The third kappa shape index (κ3) is 2.74. The van der Waals surface area contributed by atoms with Crippen molar-refractivity contribution < 1.29 is 4.79 Å². The van der Waals surface area contributed by atoms with Crippen LogP contribution in [0.25, 0.3) is 0 Å². The highest BCUT2D eigenvalue weighted by molar-refractivity contribution is 6.05. The van der Waals surface area contributed by atoms with E-state index in [2.05, 4.69) is 31.1 Å². The number of fused-ring (bicyclic) bond motifs is 1. The molecule has 0 aliphatic carbocycles. The summed E-state index contributed by atoms with van der Waals surface area (Å²) in [6.07, 6.45) is 3.26. The van der Waals surface area contributed by atoms with Crippen LogP contribution >= 0.6 is 0 Å². The number of amides is 1. The zero-order valence-corrected chi connectivity index (χ0v) is 13.4. The van der Waals surface area contributed by atoms with Crippen LogP contribution in [0.2, 0.25) is 0 Å². The average molecular weight is 333 g/mol. The lowest BCUT2D eigenvalue weighted by molar-refractivity contribution is -0.113. The number of pyridine rings is 1. The van der Waals surface area contributed by atoms with Gasteiger partial charge in [-0.15, -0.1) is 0 Å². The van der Waals surface area contributed by atoms with Crippen molar-refractivity contribution in [1.29, 1.82) is 0 Å². The predicted octanol–water partition coefficient (Wildman–Crippen LogP) is 2.00. The maximum absolute atomic E-state index is 13.0. The Morgan fingerprint density at radius 1 is 1.20 bits per heavy atom. The minimum Gasteiger partial charge on any atom is -0.326 e.